The van der Waals surface area contributed by atoms with Crippen LogP contribution in [-0.2, 0) is 29.2 Å². The maximum absolute atomic E-state index is 14.1. The molecule has 4 rings (SSSR count). The topological polar surface area (TPSA) is 234 Å². The number of carbonyl (C=O) groups excluding carboxylic acids is 3. The number of sulfonamides is 1. The number of aliphatic hydroxyl groups is 2. The molecule has 6 N–H and O–H groups in total. The number of halogens is 1. The summed E-state index contributed by atoms with van der Waals surface area (Å²) in [5.41, 5.74) is 0.328. The van der Waals surface area contributed by atoms with E-state index in [4.69, 9.17) is 47.1 Å². The Morgan fingerprint density at radius 3 is 2.21 bits per heavy atom. The predicted octanol–water partition coefficient (Wildman–Crippen LogP) is -0.435. The van der Waals surface area contributed by atoms with Gasteiger partial charge < -0.3 is 40.4 Å². The van der Waals surface area contributed by atoms with E-state index in [-0.39, 0.29) is 32.8 Å². The Morgan fingerprint density at radius 1 is 1.06 bits per heavy atom. The van der Waals surface area contributed by atoms with Crippen LogP contribution in [0.4, 0.5) is 5.69 Å². The van der Waals surface area contributed by atoms with Crippen molar-refractivity contribution in [3.05, 3.63) is 45.1 Å². The Hall–Kier alpha value is -3.65. The van der Waals surface area contributed by atoms with Gasteiger partial charge in [-0.25, -0.2) is 18.0 Å². The number of rotatable bonds is 11. The lowest BCUT2D eigenvalue weighted by Crippen LogP contribution is -2.57. The van der Waals surface area contributed by atoms with Crippen molar-refractivity contribution in [2.75, 3.05) is 51.0 Å². The highest BCUT2D eigenvalue weighted by molar-refractivity contribution is 7.89. The van der Waals surface area contributed by atoms with Gasteiger partial charge in [-0.15, -0.1) is 11.3 Å². The second-order valence-electron chi connectivity index (χ2n) is 9.56. The number of carboxylic acids is 2. The molecule has 0 spiro atoms. The lowest BCUT2D eigenvalue weighted by atomic mass is 10.2. The van der Waals surface area contributed by atoms with Gasteiger partial charge in [-0.3, -0.25) is 14.4 Å². The molecule has 47 heavy (non-hydrogen) atoms. The molecule has 3 heterocycles. The highest BCUT2D eigenvalue weighted by Gasteiger charge is 2.33. The monoisotopic (exact) mass is 728 g/mol. The summed E-state index contributed by atoms with van der Waals surface area (Å²) in [4.78, 5) is 58.7. The Kier molecular flexibility index (Phi) is 8.57. The number of thiophene rings is 1. The van der Waals surface area contributed by atoms with Gasteiger partial charge in [-0.1, -0.05) is 17.7 Å². The van der Waals surface area contributed by atoms with Crippen molar-refractivity contribution in [3.63, 3.8) is 0 Å². The molecular weight excluding hydrogens is 682 g/mol. The first-order valence-electron chi connectivity index (χ1n) is 18.7. The molecule has 16 nitrogen and oxygen atoms in total. The Morgan fingerprint density at radius 2 is 1.70 bits per heavy atom. The Bertz CT molecular complexity index is 2010. The number of aliphatic hydroxyl groups excluding tert-OH is 2. The van der Waals surface area contributed by atoms with E-state index >= 15 is 0 Å². The summed E-state index contributed by atoms with van der Waals surface area (Å²) in [6.45, 7) is -18.8. The van der Waals surface area contributed by atoms with Crippen molar-refractivity contribution in [1.82, 2.24) is 19.8 Å². The molecule has 2 aliphatic heterocycles. The van der Waals surface area contributed by atoms with Crippen LogP contribution in [0.3, 0.4) is 0 Å². The molecule has 3 amide bonds. The van der Waals surface area contributed by atoms with Crippen LogP contribution in [0.1, 0.15) is 43.2 Å². The van der Waals surface area contributed by atoms with Crippen molar-refractivity contribution < 1.29 is 67.9 Å². The maximum Gasteiger partial charge on any atom is 0.335 e. The summed E-state index contributed by atoms with van der Waals surface area (Å²) in [5.74, 6) is -6.54. The van der Waals surface area contributed by atoms with Gasteiger partial charge in [0.1, 0.15) is 6.04 Å². The van der Waals surface area contributed by atoms with E-state index in [1.165, 1.54) is 36.1 Å². The molecule has 2 saturated heterocycles. The molecule has 1 aromatic heterocycles. The van der Waals surface area contributed by atoms with Crippen molar-refractivity contribution in [2.24, 2.45) is 0 Å². The second-order valence-corrected chi connectivity index (χ2v) is 13.0. The van der Waals surface area contributed by atoms with E-state index in [0.29, 0.717) is 13.0 Å². The van der Waals surface area contributed by atoms with Crippen LogP contribution in [0.2, 0.25) is 4.34 Å². The standard InChI is InChI=1S/C24H30ClN5O5S2.C4H6O6/c1-16-18(30-10-4-7-22(30)31)5-3-6-20(16)37(34,35)27-17(24(33)29-13-11-28(2)12-14-29)15-26-23(32)19-8-9-21(25)36-19;5-1(3(7)8)2(6)4(9)10/h3,5-6,8-9,17,27H,4,7,10-15H2,1-2H3,(H,26,32);1-2,5-6H,(H,7,8)(H,9,10)/t17-;1-,2-/m01/s1/i2D3,11D2,12D2,13D2,14D2;. The number of hydrogen-bond acceptors (Lipinski definition) is 11. The number of hydrogen-bond donors (Lipinski definition) is 6. The molecule has 258 valence electrons. The first kappa shape index (κ1) is 24.5. The van der Waals surface area contributed by atoms with Crippen LogP contribution in [0.5, 0.6) is 0 Å². The third kappa shape index (κ3) is 9.92. The number of anilines is 1. The van der Waals surface area contributed by atoms with Gasteiger partial charge in [-0.05, 0) is 50.1 Å². The number of amides is 3. The molecule has 2 aliphatic rings. The number of carboxylic acid groups (broad SMARTS) is 2. The van der Waals surface area contributed by atoms with Crippen LogP contribution < -0.4 is 14.9 Å². The largest absolute Gasteiger partial charge is 0.479 e. The van der Waals surface area contributed by atoms with Crippen molar-refractivity contribution in [1.29, 1.82) is 0 Å². The van der Waals surface area contributed by atoms with Gasteiger partial charge in [0.05, 0.1) is 19.6 Å². The van der Waals surface area contributed by atoms with E-state index in [1.54, 1.807) is 0 Å². The van der Waals surface area contributed by atoms with E-state index in [2.05, 4.69) is 5.32 Å². The summed E-state index contributed by atoms with van der Waals surface area (Å²) in [7, 11) is -4.86. The fourth-order valence-electron chi connectivity index (χ4n) is 4.03. The minimum Gasteiger partial charge on any atom is -0.479 e. The van der Waals surface area contributed by atoms with Crippen LogP contribution >= 0.6 is 22.9 Å². The number of carbonyl (C=O) groups is 5. The molecule has 19 heteroatoms. The number of benzene rings is 1. The van der Waals surface area contributed by atoms with Gasteiger partial charge in [-0.2, -0.15) is 4.72 Å². The van der Waals surface area contributed by atoms with Crippen LogP contribution in [0.25, 0.3) is 0 Å². The molecule has 0 bridgehead atoms. The molecule has 0 unspecified atom stereocenters. The van der Waals surface area contributed by atoms with E-state index in [0.717, 1.165) is 17.4 Å². The average Bonchev–Trinajstić information content (AvgIpc) is 3.71. The van der Waals surface area contributed by atoms with Gasteiger partial charge in [0.2, 0.25) is 21.8 Å². The molecule has 2 fully saturated rings. The van der Waals surface area contributed by atoms with Crippen LogP contribution in [-0.4, -0.2) is 133 Å². The Balaban J connectivity index is 0.000000793. The lowest BCUT2D eigenvalue weighted by Gasteiger charge is -2.34. The second kappa shape index (κ2) is 16.4. The number of aliphatic carboxylic acids is 2. The fourth-order valence-corrected chi connectivity index (χ4v) is 6.44. The third-order valence-electron chi connectivity index (χ3n) is 6.34. The average molecular weight is 729 g/mol. The number of piperazine rings is 1. The molecule has 0 saturated carbocycles. The molecule has 1 aromatic carbocycles. The van der Waals surface area contributed by atoms with Crippen molar-refractivity contribution in [2.45, 2.75) is 42.9 Å². The maximum atomic E-state index is 14.1. The highest BCUT2D eigenvalue weighted by Crippen LogP contribution is 2.29. The minimum atomic E-state index is -4.86. The smallest absolute Gasteiger partial charge is 0.335 e. The fraction of sp³-hybridized carbons (Fsp3) is 0.464. The van der Waals surface area contributed by atoms with Crippen molar-refractivity contribution >= 4 is 68.3 Å². The van der Waals surface area contributed by atoms with Crippen LogP contribution in [0.15, 0.2) is 35.2 Å². The minimum absolute atomic E-state index is 0.0116. The lowest BCUT2D eigenvalue weighted by molar-refractivity contribution is -0.165. The summed E-state index contributed by atoms with van der Waals surface area (Å²) in [6.07, 6.45) is -3.77. The molecule has 2 aromatic rings. The molecule has 3 atom stereocenters. The molecule has 0 aliphatic carbocycles. The first-order valence-corrected chi connectivity index (χ1v) is 15.9. The van der Waals surface area contributed by atoms with Gasteiger partial charge in [0, 0.05) is 60.8 Å². The van der Waals surface area contributed by atoms with Gasteiger partial charge >= 0.3 is 11.9 Å². The van der Waals surface area contributed by atoms with Gasteiger partial charge in [0.15, 0.2) is 12.2 Å². The van der Waals surface area contributed by atoms with E-state index in [1.807, 2.05) is 4.72 Å². The normalized spacial score (nSPS) is 25.4. The summed E-state index contributed by atoms with van der Waals surface area (Å²) in [5, 5.41) is 34.8. The Labute approximate surface area is 295 Å². The van der Waals surface area contributed by atoms with Crippen molar-refractivity contribution in [3.8, 4) is 0 Å². The summed E-state index contributed by atoms with van der Waals surface area (Å²) < 4.78 is 120. The first-order chi connectivity index (χ1) is 26.3. The summed E-state index contributed by atoms with van der Waals surface area (Å²) in [6, 6.07) is 4.35. The zero-order chi connectivity index (χ0) is 44.7. The highest BCUT2D eigenvalue weighted by atomic mass is 35.5. The zero-order valence-corrected chi connectivity index (χ0v) is 26.5. The van der Waals surface area contributed by atoms with Crippen LogP contribution in [0, 0.1) is 6.92 Å². The van der Waals surface area contributed by atoms with E-state index in [9.17, 15) is 32.4 Å². The number of likely N-dealkylation sites (N-methyl/N-ethyl adjacent to an activating group) is 1. The predicted molar refractivity (Wildman–Crippen MR) is 170 cm³/mol. The number of nitrogens with zero attached hydrogens (tertiary/aromatic N) is 3. The quantitative estimate of drug-likeness (QED) is 0.173. The molecular formula is C28H36ClN5O11S2. The third-order valence-corrected chi connectivity index (χ3v) is 9.19. The zero-order valence-electron chi connectivity index (χ0n) is 35.1. The SMILES string of the molecule is O=C(O)[C@H](O)[C@@H](O)C(=O)O.[2H]C([2H])([2H])N1C([2H])([2H])C([2H])([2H])N(C(=O)[C@H](CNC(=O)c2ccc(Cl)s2)NS(=O)(=O)c2cccc(N3CCCC3=O)c2C)C([2H])([2H])C1([2H])[2H]. The van der Waals surface area contributed by atoms with E-state index < -0.39 is 106 Å². The number of nitrogens with one attached hydrogen (secondary N) is 2. The summed E-state index contributed by atoms with van der Waals surface area (Å²) >= 11 is 6.70. The molecule has 0 radical (unpaired) electrons. The van der Waals surface area contributed by atoms with Gasteiger partial charge in [0.25, 0.3) is 5.91 Å².